The van der Waals surface area contributed by atoms with Crippen molar-refractivity contribution in [2.24, 2.45) is 5.92 Å². The first kappa shape index (κ1) is 11.4. The van der Waals surface area contributed by atoms with Crippen molar-refractivity contribution in [3.05, 3.63) is 29.3 Å². The van der Waals surface area contributed by atoms with E-state index in [2.05, 4.69) is 25.1 Å². The van der Waals surface area contributed by atoms with Crippen molar-refractivity contribution < 1.29 is 4.74 Å². The molecule has 1 unspecified atom stereocenters. The van der Waals surface area contributed by atoms with Gasteiger partial charge in [-0.05, 0) is 48.4 Å². The largest absolute Gasteiger partial charge is 0.497 e. The van der Waals surface area contributed by atoms with Crippen molar-refractivity contribution in [3.8, 4) is 5.75 Å². The summed E-state index contributed by atoms with van der Waals surface area (Å²) in [4.78, 5) is 0. The molecule has 1 aliphatic carbocycles. The summed E-state index contributed by atoms with van der Waals surface area (Å²) in [6.07, 6.45) is 3.78. The van der Waals surface area contributed by atoms with E-state index in [-0.39, 0.29) is 12.4 Å². The maximum atomic E-state index is 5.22. The van der Waals surface area contributed by atoms with E-state index in [4.69, 9.17) is 4.74 Å². The quantitative estimate of drug-likeness (QED) is 0.695. The monoisotopic (exact) mass is 212 g/mol. The van der Waals surface area contributed by atoms with Gasteiger partial charge in [-0.25, -0.2) is 0 Å². The van der Waals surface area contributed by atoms with Gasteiger partial charge in [-0.15, -0.1) is 12.4 Å². The highest BCUT2D eigenvalue weighted by Crippen LogP contribution is 2.27. The third-order valence-electron chi connectivity index (χ3n) is 2.89. The second kappa shape index (κ2) is 4.70. The van der Waals surface area contributed by atoms with Gasteiger partial charge in [0.25, 0.3) is 0 Å². The van der Waals surface area contributed by atoms with Crippen molar-refractivity contribution in [1.82, 2.24) is 0 Å². The minimum atomic E-state index is 0. The summed E-state index contributed by atoms with van der Waals surface area (Å²) in [6, 6.07) is 6.46. The molecule has 0 aliphatic heterocycles. The normalized spacial score (nSPS) is 19.4. The van der Waals surface area contributed by atoms with E-state index >= 15 is 0 Å². The molecule has 1 aliphatic rings. The fourth-order valence-electron chi connectivity index (χ4n) is 2.04. The summed E-state index contributed by atoms with van der Waals surface area (Å²) < 4.78 is 5.22. The highest BCUT2D eigenvalue weighted by atomic mass is 35.5. The van der Waals surface area contributed by atoms with Gasteiger partial charge in [0.05, 0.1) is 7.11 Å². The molecule has 0 bridgehead atoms. The average Bonchev–Trinajstić information content (AvgIpc) is 2.16. The lowest BCUT2D eigenvalue weighted by molar-refractivity contribution is 0.412. The van der Waals surface area contributed by atoms with Crippen molar-refractivity contribution in [2.45, 2.75) is 26.2 Å². The number of aryl methyl sites for hydroxylation is 1. The molecule has 0 saturated heterocycles. The van der Waals surface area contributed by atoms with Crippen molar-refractivity contribution in [3.63, 3.8) is 0 Å². The molecule has 78 valence electrons. The second-order valence-corrected chi connectivity index (χ2v) is 3.98. The molecule has 0 fully saturated rings. The number of methoxy groups -OCH3 is 1. The highest BCUT2D eigenvalue weighted by molar-refractivity contribution is 5.85. The van der Waals surface area contributed by atoms with E-state index in [9.17, 15) is 0 Å². The molecule has 0 heterocycles. The van der Waals surface area contributed by atoms with Crippen molar-refractivity contribution >= 4 is 12.4 Å². The minimum absolute atomic E-state index is 0. The van der Waals surface area contributed by atoms with Gasteiger partial charge in [0, 0.05) is 0 Å². The molecular weight excluding hydrogens is 196 g/mol. The van der Waals surface area contributed by atoms with Crippen LogP contribution in [0.5, 0.6) is 5.75 Å². The Morgan fingerprint density at radius 3 is 2.79 bits per heavy atom. The Morgan fingerprint density at radius 1 is 1.29 bits per heavy atom. The Labute approximate surface area is 91.9 Å². The summed E-state index contributed by atoms with van der Waals surface area (Å²) in [5.41, 5.74) is 3.00. The standard InChI is InChI=1S/C12H16O.ClH/c1-9-3-4-10-5-6-12(13-2)8-11(10)7-9;/h5-6,8-9H,3-4,7H2,1-2H3;1H. The summed E-state index contributed by atoms with van der Waals surface area (Å²) in [5, 5.41) is 0. The van der Waals surface area contributed by atoms with Gasteiger partial charge in [0.15, 0.2) is 0 Å². The zero-order valence-corrected chi connectivity index (χ0v) is 9.56. The number of benzene rings is 1. The van der Waals surface area contributed by atoms with Crippen LogP contribution in [0.25, 0.3) is 0 Å². The number of halogens is 1. The molecule has 14 heavy (non-hydrogen) atoms. The lowest BCUT2D eigenvalue weighted by Gasteiger charge is -2.21. The molecule has 0 N–H and O–H groups in total. The van der Waals surface area contributed by atoms with Crippen molar-refractivity contribution in [1.29, 1.82) is 0 Å². The van der Waals surface area contributed by atoms with E-state index in [1.165, 1.54) is 30.4 Å². The first-order valence-electron chi connectivity index (χ1n) is 4.95. The van der Waals surface area contributed by atoms with E-state index < -0.39 is 0 Å². The van der Waals surface area contributed by atoms with Gasteiger partial charge in [-0.3, -0.25) is 0 Å². The lowest BCUT2D eigenvalue weighted by Crippen LogP contribution is -2.11. The highest BCUT2D eigenvalue weighted by Gasteiger charge is 2.14. The van der Waals surface area contributed by atoms with E-state index in [1.807, 2.05) is 0 Å². The molecule has 2 heteroatoms. The number of ether oxygens (including phenoxy) is 1. The molecular formula is C12H17ClO. The molecule has 0 spiro atoms. The van der Waals surface area contributed by atoms with Crippen LogP contribution in [0.3, 0.4) is 0 Å². The zero-order valence-electron chi connectivity index (χ0n) is 8.75. The Balaban J connectivity index is 0.000000980. The summed E-state index contributed by atoms with van der Waals surface area (Å²) in [6.45, 7) is 2.32. The summed E-state index contributed by atoms with van der Waals surface area (Å²) in [5.74, 6) is 1.83. The Hall–Kier alpha value is -0.690. The first-order valence-corrected chi connectivity index (χ1v) is 4.95. The second-order valence-electron chi connectivity index (χ2n) is 3.98. The molecule has 1 atom stereocenters. The van der Waals surface area contributed by atoms with Crippen LogP contribution in [0, 0.1) is 5.92 Å². The molecule has 2 rings (SSSR count). The van der Waals surface area contributed by atoms with E-state index in [0.717, 1.165) is 11.7 Å². The van der Waals surface area contributed by atoms with Crippen LogP contribution in [-0.4, -0.2) is 7.11 Å². The SMILES string of the molecule is COc1ccc2c(c1)CC(C)CC2.Cl. The lowest BCUT2D eigenvalue weighted by atomic mass is 9.85. The van der Waals surface area contributed by atoms with E-state index in [0.29, 0.717) is 0 Å². The smallest absolute Gasteiger partial charge is 0.119 e. The molecule has 1 aromatic carbocycles. The molecule has 0 radical (unpaired) electrons. The third-order valence-corrected chi connectivity index (χ3v) is 2.89. The maximum absolute atomic E-state index is 5.22. The molecule has 1 aromatic rings. The Kier molecular flexibility index (Phi) is 3.82. The maximum Gasteiger partial charge on any atom is 0.119 e. The number of rotatable bonds is 1. The predicted octanol–water partition coefficient (Wildman–Crippen LogP) is 3.24. The van der Waals surface area contributed by atoms with Gasteiger partial charge in [-0.1, -0.05) is 13.0 Å². The first-order chi connectivity index (χ1) is 6.29. The Bertz CT molecular complexity index is 309. The van der Waals surface area contributed by atoms with Crippen LogP contribution < -0.4 is 4.74 Å². The van der Waals surface area contributed by atoms with Gasteiger partial charge in [-0.2, -0.15) is 0 Å². The van der Waals surface area contributed by atoms with Gasteiger partial charge < -0.3 is 4.74 Å². The fourth-order valence-corrected chi connectivity index (χ4v) is 2.04. The molecule has 1 nitrogen and oxygen atoms in total. The summed E-state index contributed by atoms with van der Waals surface area (Å²) >= 11 is 0. The van der Waals surface area contributed by atoms with E-state index in [1.54, 1.807) is 7.11 Å². The number of hydrogen-bond donors (Lipinski definition) is 0. The predicted molar refractivity (Wildman–Crippen MR) is 61.4 cm³/mol. The third kappa shape index (κ3) is 2.21. The van der Waals surface area contributed by atoms with Crippen LogP contribution in [0.1, 0.15) is 24.5 Å². The van der Waals surface area contributed by atoms with Crippen LogP contribution in [0.2, 0.25) is 0 Å². The van der Waals surface area contributed by atoms with Crippen LogP contribution in [0.4, 0.5) is 0 Å². The average molecular weight is 213 g/mol. The fraction of sp³-hybridized carbons (Fsp3) is 0.500. The topological polar surface area (TPSA) is 9.23 Å². The van der Waals surface area contributed by atoms with Crippen LogP contribution >= 0.6 is 12.4 Å². The summed E-state index contributed by atoms with van der Waals surface area (Å²) in [7, 11) is 1.73. The zero-order chi connectivity index (χ0) is 9.26. The number of hydrogen-bond acceptors (Lipinski definition) is 1. The van der Waals surface area contributed by atoms with Crippen LogP contribution in [-0.2, 0) is 12.8 Å². The minimum Gasteiger partial charge on any atom is -0.497 e. The molecule has 0 aromatic heterocycles. The van der Waals surface area contributed by atoms with Gasteiger partial charge in [0.2, 0.25) is 0 Å². The molecule has 0 saturated carbocycles. The molecule has 0 amide bonds. The van der Waals surface area contributed by atoms with Gasteiger partial charge in [0.1, 0.15) is 5.75 Å². The number of fused-ring (bicyclic) bond motifs is 1. The van der Waals surface area contributed by atoms with Gasteiger partial charge >= 0.3 is 0 Å². The van der Waals surface area contributed by atoms with Crippen LogP contribution in [0.15, 0.2) is 18.2 Å². The van der Waals surface area contributed by atoms with Crippen molar-refractivity contribution in [2.75, 3.05) is 7.11 Å². The Morgan fingerprint density at radius 2 is 2.07 bits per heavy atom.